The lowest BCUT2D eigenvalue weighted by molar-refractivity contribution is 0.0917. The molecule has 0 amide bonds. The molecule has 5 nitrogen and oxygen atoms in total. The first-order valence-electron chi connectivity index (χ1n) is 10.1. The highest BCUT2D eigenvalue weighted by molar-refractivity contribution is 5.75. The summed E-state index contributed by atoms with van der Waals surface area (Å²) in [5, 5.41) is 10.7. The molecule has 0 spiro atoms. The molecule has 3 aromatic carbocycles. The lowest BCUT2D eigenvalue weighted by atomic mass is 10.2. The van der Waals surface area contributed by atoms with Crippen LogP contribution >= 0.6 is 0 Å². The van der Waals surface area contributed by atoms with Crippen molar-refractivity contribution in [3.63, 3.8) is 0 Å². The molecular formula is C25H26N2O3. The first-order chi connectivity index (χ1) is 14.6. The second kappa shape index (κ2) is 9.01. The molecule has 0 aliphatic heterocycles. The van der Waals surface area contributed by atoms with Crippen molar-refractivity contribution in [2.45, 2.75) is 33.1 Å². The number of aliphatic hydroxyl groups excluding tert-OH is 1. The van der Waals surface area contributed by atoms with Gasteiger partial charge in [0.25, 0.3) is 0 Å². The maximum Gasteiger partial charge on any atom is 0.148 e. The third-order valence-electron chi connectivity index (χ3n) is 5.01. The van der Waals surface area contributed by atoms with Crippen LogP contribution in [0.5, 0.6) is 11.5 Å². The van der Waals surface area contributed by atoms with Gasteiger partial charge in [-0.05, 0) is 55.3 Å². The van der Waals surface area contributed by atoms with Crippen molar-refractivity contribution in [2.24, 2.45) is 0 Å². The highest BCUT2D eigenvalue weighted by atomic mass is 16.5. The number of imidazole rings is 1. The Morgan fingerprint density at radius 2 is 1.73 bits per heavy atom. The molecule has 0 fully saturated rings. The summed E-state index contributed by atoms with van der Waals surface area (Å²) in [7, 11) is 0. The van der Waals surface area contributed by atoms with Crippen molar-refractivity contribution in [2.75, 3.05) is 6.61 Å². The third kappa shape index (κ3) is 4.63. The van der Waals surface area contributed by atoms with Crippen LogP contribution in [0.25, 0.3) is 11.0 Å². The number of ether oxygens (including phenoxy) is 2. The third-order valence-corrected chi connectivity index (χ3v) is 5.01. The molecule has 0 saturated heterocycles. The van der Waals surface area contributed by atoms with Crippen LogP contribution in [0.4, 0.5) is 0 Å². The molecule has 1 N–H and O–H groups in total. The molecule has 4 rings (SSSR count). The number of aromatic nitrogens is 2. The first-order valence-corrected chi connectivity index (χ1v) is 10.1. The zero-order valence-electron chi connectivity index (χ0n) is 17.3. The van der Waals surface area contributed by atoms with Crippen LogP contribution in [0.15, 0.2) is 72.8 Å². The average Bonchev–Trinajstić information content (AvgIpc) is 3.09. The maximum absolute atomic E-state index is 10.7. The number of hydrogen-bond donors (Lipinski definition) is 1. The molecule has 0 saturated carbocycles. The van der Waals surface area contributed by atoms with E-state index in [0.717, 1.165) is 39.5 Å². The van der Waals surface area contributed by atoms with Crippen molar-refractivity contribution in [3.05, 3.63) is 89.7 Å². The first kappa shape index (κ1) is 20.0. The predicted molar refractivity (Wildman–Crippen MR) is 118 cm³/mol. The Labute approximate surface area is 176 Å². The van der Waals surface area contributed by atoms with E-state index in [9.17, 15) is 5.11 Å². The minimum Gasteiger partial charge on any atom is -0.491 e. The lowest BCUT2D eigenvalue weighted by Gasteiger charge is -2.16. The summed E-state index contributed by atoms with van der Waals surface area (Å²) in [5.41, 5.74) is 4.05. The summed E-state index contributed by atoms with van der Waals surface area (Å²) in [5.74, 6) is 2.36. The number of nitrogens with zero attached hydrogens (tertiary/aromatic N) is 2. The van der Waals surface area contributed by atoms with Crippen molar-refractivity contribution in [1.29, 1.82) is 0 Å². The molecule has 0 aliphatic carbocycles. The fraction of sp³-hybridized carbons (Fsp3) is 0.240. The molecule has 0 aliphatic rings. The van der Waals surface area contributed by atoms with Gasteiger partial charge in [0.1, 0.15) is 36.6 Å². The molecule has 154 valence electrons. The Morgan fingerprint density at radius 3 is 2.57 bits per heavy atom. The van der Waals surface area contributed by atoms with E-state index in [1.54, 1.807) is 0 Å². The quantitative estimate of drug-likeness (QED) is 0.465. The Bertz CT molecular complexity index is 1140. The van der Waals surface area contributed by atoms with Gasteiger partial charge < -0.3 is 19.1 Å². The lowest BCUT2D eigenvalue weighted by Crippen LogP contribution is -2.25. The number of aryl methyl sites for hydroxylation is 2. The maximum atomic E-state index is 10.7. The molecule has 1 aromatic heterocycles. The van der Waals surface area contributed by atoms with Gasteiger partial charge in [-0.2, -0.15) is 0 Å². The number of hydrogen-bond acceptors (Lipinski definition) is 4. The molecule has 0 bridgehead atoms. The number of para-hydroxylation sites is 3. The second-order valence-electron chi connectivity index (χ2n) is 7.46. The monoisotopic (exact) mass is 402 g/mol. The zero-order chi connectivity index (χ0) is 20.9. The van der Waals surface area contributed by atoms with Gasteiger partial charge in [0, 0.05) is 0 Å². The summed E-state index contributed by atoms with van der Waals surface area (Å²) >= 11 is 0. The average molecular weight is 402 g/mol. The molecule has 1 heterocycles. The molecule has 4 aromatic rings. The van der Waals surface area contributed by atoms with E-state index >= 15 is 0 Å². The summed E-state index contributed by atoms with van der Waals surface area (Å²) in [4.78, 5) is 4.73. The van der Waals surface area contributed by atoms with Gasteiger partial charge in [0.05, 0.1) is 17.6 Å². The summed E-state index contributed by atoms with van der Waals surface area (Å²) in [6, 6.07) is 23.6. The van der Waals surface area contributed by atoms with Gasteiger partial charge in [-0.1, -0.05) is 42.5 Å². The normalized spacial score (nSPS) is 12.1. The zero-order valence-corrected chi connectivity index (χ0v) is 17.3. The minimum absolute atomic E-state index is 0.202. The number of benzene rings is 3. The van der Waals surface area contributed by atoms with Crippen molar-refractivity contribution in [1.82, 2.24) is 9.55 Å². The van der Waals surface area contributed by atoms with E-state index < -0.39 is 6.10 Å². The van der Waals surface area contributed by atoms with Crippen molar-refractivity contribution >= 4 is 11.0 Å². The summed E-state index contributed by atoms with van der Waals surface area (Å²) < 4.78 is 13.8. The van der Waals surface area contributed by atoms with Crippen LogP contribution in [0.1, 0.15) is 17.0 Å². The van der Waals surface area contributed by atoms with Gasteiger partial charge in [-0.3, -0.25) is 0 Å². The number of fused-ring (bicyclic) bond motifs is 1. The molecular weight excluding hydrogens is 376 g/mol. The van der Waals surface area contributed by atoms with Gasteiger partial charge in [-0.25, -0.2) is 4.98 Å². The molecule has 0 unspecified atom stereocenters. The van der Waals surface area contributed by atoms with Crippen LogP contribution < -0.4 is 9.47 Å². The van der Waals surface area contributed by atoms with Crippen LogP contribution in [0, 0.1) is 13.8 Å². The van der Waals surface area contributed by atoms with Gasteiger partial charge in [0.2, 0.25) is 0 Å². The second-order valence-corrected chi connectivity index (χ2v) is 7.46. The number of aliphatic hydroxyl groups is 1. The van der Waals surface area contributed by atoms with E-state index in [4.69, 9.17) is 14.5 Å². The summed E-state index contributed by atoms with van der Waals surface area (Å²) in [6.45, 7) is 4.93. The molecule has 1 atom stereocenters. The highest BCUT2D eigenvalue weighted by Gasteiger charge is 2.15. The fourth-order valence-electron chi connectivity index (χ4n) is 3.46. The van der Waals surface area contributed by atoms with Crippen LogP contribution in [-0.2, 0) is 13.2 Å². The van der Waals surface area contributed by atoms with Crippen molar-refractivity contribution in [3.8, 4) is 11.5 Å². The summed E-state index contributed by atoms with van der Waals surface area (Å²) in [6.07, 6.45) is -0.680. The topological polar surface area (TPSA) is 56.5 Å². The predicted octanol–water partition coefficient (Wildman–Crippen LogP) is 4.67. The van der Waals surface area contributed by atoms with E-state index in [1.165, 1.54) is 0 Å². The van der Waals surface area contributed by atoms with E-state index in [2.05, 4.69) is 0 Å². The van der Waals surface area contributed by atoms with Gasteiger partial charge in [0.15, 0.2) is 0 Å². The number of rotatable bonds is 8. The standard InChI is InChI=1S/C25H26N2O3/c1-18-8-7-10-21(14-18)29-16-20(28)15-27-23-12-5-4-11-22(23)26-25(27)17-30-24-13-6-3-9-19(24)2/h3-14,20,28H,15-17H2,1-2H3/t20-/m1/s1. The SMILES string of the molecule is Cc1cccc(OC[C@H](O)Cn2c(COc3ccccc3C)nc3ccccc32)c1. The largest absolute Gasteiger partial charge is 0.491 e. The Kier molecular flexibility index (Phi) is 6.00. The minimum atomic E-state index is -0.680. The smallest absolute Gasteiger partial charge is 0.148 e. The molecule has 30 heavy (non-hydrogen) atoms. The van der Waals surface area contributed by atoms with Crippen molar-refractivity contribution < 1.29 is 14.6 Å². The Hall–Kier alpha value is -3.31. The van der Waals surface area contributed by atoms with Crippen LogP contribution in [0.2, 0.25) is 0 Å². The molecule has 0 radical (unpaired) electrons. The van der Waals surface area contributed by atoms with E-state index in [0.29, 0.717) is 13.2 Å². The molecule has 5 heteroatoms. The van der Waals surface area contributed by atoms with Gasteiger partial charge in [-0.15, -0.1) is 0 Å². The highest BCUT2D eigenvalue weighted by Crippen LogP contribution is 2.21. The van der Waals surface area contributed by atoms with E-state index in [-0.39, 0.29) is 6.61 Å². The van der Waals surface area contributed by atoms with Crippen LogP contribution in [-0.4, -0.2) is 27.4 Å². The Morgan fingerprint density at radius 1 is 0.933 bits per heavy atom. The van der Waals surface area contributed by atoms with Gasteiger partial charge >= 0.3 is 0 Å². The van der Waals surface area contributed by atoms with Crippen LogP contribution in [0.3, 0.4) is 0 Å². The van der Waals surface area contributed by atoms with E-state index in [1.807, 2.05) is 91.2 Å². The fourth-order valence-corrected chi connectivity index (χ4v) is 3.46. The Balaban J connectivity index is 1.50.